The Kier molecular flexibility index (Phi) is 6.77. The van der Waals surface area contributed by atoms with Gasteiger partial charge in [0.05, 0.1) is 0 Å². The van der Waals surface area contributed by atoms with Crippen molar-refractivity contribution < 1.29 is 8.78 Å². The van der Waals surface area contributed by atoms with E-state index in [0.717, 1.165) is 44.4 Å². The average Bonchev–Trinajstić information content (AvgIpc) is 2.88. The highest BCUT2D eigenvalue weighted by Crippen LogP contribution is 2.55. The predicted octanol–water partition coefficient (Wildman–Crippen LogP) is 7.91. The van der Waals surface area contributed by atoms with Crippen molar-refractivity contribution in [3.63, 3.8) is 0 Å². The maximum absolute atomic E-state index is 15.1. The van der Waals surface area contributed by atoms with Gasteiger partial charge in [0, 0.05) is 11.8 Å². The first-order valence-corrected chi connectivity index (χ1v) is 11.9. The molecule has 0 aromatic carbocycles. The lowest BCUT2D eigenvalue weighted by molar-refractivity contribution is 0.0360. The highest BCUT2D eigenvalue weighted by atomic mass is 127. The lowest BCUT2D eigenvalue weighted by Gasteiger charge is -2.43. The molecule has 3 rings (SSSR count). The van der Waals surface area contributed by atoms with Crippen molar-refractivity contribution in [2.75, 3.05) is 0 Å². The van der Waals surface area contributed by atoms with Gasteiger partial charge in [0.25, 0.3) is 0 Å². The van der Waals surface area contributed by atoms with Gasteiger partial charge in [-0.15, -0.1) is 0 Å². The highest BCUT2D eigenvalue weighted by molar-refractivity contribution is 14.1. The number of hydrogen-bond acceptors (Lipinski definition) is 0. The Hall–Kier alpha value is 0.330. The number of alkyl halides is 3. The molecule has 3 heteroatoms. The Morgan fingerprint density at radius 1 is 1.15 bits per heavy atom. The van der Waals surface area contributed by atoms with E-state index >= 15 is 4.39 Å². The predicted molar refractivity (Wildman–Crippen MR) is 115 cm³/mol. The van der Waals surface area contributed by atoms with E-state index in [1.54, 1.807) is 6.92 Å². The molecule has 26 heavy (non-hydrogen) atoms. The molecule has 0 aliphatic heterocycles. The van der Waals surface area contributed by atoms with Gasteiger partial charge < -0.3 is 0 Å². The third kappa shape index (κ3) is 4.66. The Labute approximate surface area is 173 Å². The molecule has 6 atom stereocenters. The second-order valence-corrected chi connectivity index (χ2v) is 12.2. The van der Waals surface area contributed by atoms with Crippen molar-refractivity contribution in [2.45, 2.75) is 88.4 Å². The van der Waals surface area contributed by atoms with Crippen LogP contribution in [0.1, 0.15) is 78.6 Å². The van der Waals surface area contributed by atoms with Crippen LogP contribution in [0, 0.1) is 41.4 Å². The van der Waals surface area contributed by atoms with Gasteiger partial charge in [0.1, 0.15) is 6.17 Å². The number of fused-ring (bicyclic) bond motifs is 1. The van der Waals surface area contributed by atoms with Gasteiger partial charge in [-0.05, 0) is 110 Å². The van der Waals surface area contributed by atoms with Crippen LogP contribution >= 0.6 is 22.6 Å². The lowest BCUT2D eigenvalue weighted by atomic mass is 9.64. The number of rotatable bonds is 5. The maximum atomic E-state index is 15.1. The SMILES string of the molecule is C=C1CC(CCC(C)C)C2CC(C3CCC([C@](C)(F)I)CC3)CC(F)C12. The Morgan fingerprint density at radius 2 is 1.81 bits per heavy atom. The van der Waals surface area contributed by atoms with E-state index in [1.165, 1.54) is 24.8 Å². The zero-order valence-electron chi connectivity index (χ0n) is 16.8. The summed E-state index contributed by atoms with van der Waals surface area (Å²) in [5.74, 6) is 3.33. The van der Waals surface area contributed by atoms with Gasteiger partial charge in [-0.25, -0.2) is 8.78 Å². The summed E-state index contributed by atoms with van der Waals surface area (Å²) in [4.78, 5) is 0. The van der Waals surface area contributed by atoms with Crippen LogP contribution in [-0.4, -0.2) is 9.85 Å². The largest absolute Gasteiger partial charge is 0.247 e. The first-order chi connectivity index (χ1) is 12.2. The van der Waals surface area contributed by atoms with E-state index in [2.05, 4.69) is 20.4 Å². The highest BCUT2D eigenvalue weighted by Gasteiger charge is 2.49. The zero-order chi connectivity index (χ0) is 19.1. The number of halogens is 3. The van der Waals surface area contributed by atoms with Gasteiger partial charge >= 0.3 is 0 Å². The molecule has 0 nitrogen and oxygen atoms in total. The normalized spacial score (nSPS) is 43.3. The molecule has 3 aliphatic carbocycles. The molecule has 0 saturated heterocycles. The number of allylic oxidation sites excluding steroid dienone is 1. The van der Waals surface area contributed by atoms with Crippen molar-refractivity contribution in [3.8, 4) is 0 Å². The Morgan fingerprint density at radius 3 is 2.38 bits per heavy atom. The second kappa shape index (κ2) is 8.37. The molecule has 0 aromatic heterocycles. The monoisotopic (exact) mass is 478 g/mol. The van der Waals surface area contributed by atoms with Gasteiger partial charge in [0.15, 0.2) is 3.68 Å². The summed E-state index contributed by atoms with van der Waals surface area (Å²) in [6.07, 6.45) is 8.91. The van der Waals surface area contributed by atoms with Crippen molar-refractivity contribution in [1.82, 2.24) is 0 Å². The van der Waals surface area contributed by atoms with Gasteiger partial charge in [-0.1, -0.05) is 32.4 Å². The molecule has 0 bridgehead atoms. The van der Waals surface area contributed by atoms with E-state index in [0.29, 0.717) is 23.7 Å². The lowest BCUT2D eigenvalue weighted by Crippen LogP contribution is -2.38. The third-order valence-electron chi connectivity index (χ3n) is 7.83. The molecule has 3 saturated carbocycles. The summed E-state index contributed by atoms with van der Waals surface area (Å²) in [7, 11) is 0. The molecule has 3 aliphatic rings. The summed E-state index contributed by atoms with van der Waals surface area (Å²) in [5, 5.41) is 0. The van der Waals surface area contributed by atoms with E-state index < -0.39 is 9.85 Å². The van der Waals surface area contributed by atoms with E-state index in [9.17, 15) is 4.39 Å². The molecular weight excluding hydrogens is 441 g/mol. The smallest absolute Gasteiger partial charge is 0.161 e. The minimum absolute atomic E-state index is 0.128. The molecule has 0 aromatic rings. The molecule has 5 unspecified atom stereocenters. The molecule has 0 radical (unpaired) electrons. The summed E-state index contributed by atoms with van der Waals surface area (Å²) in [5.41, 5.74) is 1.19. The maximum Gasteiger partial charge on any atom is 0.161 e. The average molecular weight is 478 g/mol. The van der Waals surface area contributed by atoms with E-state index in [-0.39, 0.29) is 11.8 Å². The minimum atomic E-state index is -1.09. The van der Waals surface area contributed by atoms with Crippen LogP contribution in [0.2, 0.25) is 0 Å². The fraction of sp³-hybridized carbons (Fsp3) is 0.913. The van der Waals surface area contributed by atoms with Crippen LogP contribution in [0.3, 0.4) is 0 Å². The topological polar surface area (TPSA) is 0 Å². The molecule has 150 valence electrons. The summed E-state index contributed by atoms with van der Waals surface area (Å²) in [6, 6.07) is 0. The van der Waals surface area contributed by atoms with Crippen LogP contribution in [0.5, 0.6) is 0 Å². The standard InChI is InChI=1S/C23H37F2I/c1-14(2)5-6-17-11-15(3)22-20(17)12-18(13-21(22)24)16-7-9-19(10-8-16)23(4,25)26/h14,16-22H,3,5-13H2,1-2,4H3/t16?,17?,18?,19?,20?,21?,22?,23-/m1/s1. The van der Waals surface area contributed by atoms with Gasteiger partial charge in [-0.2, -0.15) is 0 Å². The first-order valence-electron chi connectivity index (χ1n) is 10.9. The minimum Gasteiger partial charge on any atom is -0.247 e. The third-order valence-corrected chi connectivity index (χ3v) is 8.71. The molecule has 0 N–H and O–H groups in total. The molecule has 0 amide bonds. The molecule has 0 heterocycles. The van der Waals surface area contributed by atoms with Crippen molar-refractivity contribution in [2.24, 2.45) is 41.4 Å². The van der Waals surface area contributed by atoms with E-state index in [4.69, 9.17) is 0 Å². The van der Waals surface area contributed by atoms with E-state index in [1.807, 2.05) is 22.6 Å². The second-order valence-electron chi connectivity index (χ2n) is 10.1. The van der Waals surface area contributed by atoms with Crippen LogP contribution in [-0.2, 0) is 0 Å². The Bertz CT molecular complexity index is 487. The van der Waals surface area contributed by atoms with Crippen LogP contribution in [0.4, 0.5) is 8.78 Å². The fourth-order valence-electron chi connectivity index (χ4n) is 6.31. The summed E-state index contributed by atoms with van der Waals surface area (Å²) >= 11 is 1.96. The van der Waals surface area contributed by atoms with Gasteiger partial charge in [-0.3, -0.25) is 0 Å². The number of hydrogen-bond donors (Lipinski definition) is 0. The summed E-state index contributed by atoms with van der Waals surface area (Å²) < 4.78 is 28.3. The quantitative estimate of drug-likeness (QED) is 0.214. The molecule has 0 spiro atoms. The fourth-order valence-corrected chi connectivity index (χ4v) is 6.93. The zero-order valence-corrected chi connectivity index (χ0v) is 19.0. The van der Waals surface area contributed by atoms with Crippen LogP contribution in [0.25, 0.3) is 0 Å². The van der Waals surface area contributed by atoms with Crippen molar-refractivity contribution in [1.29, 1.82) is 0 Å². The first kappa shape index (κ1) is 21.0. The van der Waals surface area contributed by atoms with Crippen molar-refractivity contribution >= 4 is 22.6 Å². The van der Waals surface area contributed by atoms with Crippen LogP contribution in [0.15, 0.2) is 12.2 Å². The van der Waals surface area contributed by atoms with Crippen molar-refractivity contribution in [3.05, 3.63) is 12.2 Å². The Balaban J connectivity index is 1.62. The van der Waals surface area contributed by atoms with Gasteiger partial charge in [0.2, 0.25) is 0 Å². The molecular formula is C23H37F2I. The summed E-state index contributed by atoms with van der Waals surface area (Å²) in [6.45, 7) is 10.5. The van der Waals surface area contributed by atoms with Crippen LogP contribution < -0.4 is 0 Å². The molecule has 3 fully saturated rings.